The molecular formula is C48H32N2. The summed E-state index contributed by atoms with van der Waals surface area (Å²) in [6.07, 6.45) is 0. The molecule has 0 saturated heterocycles. The van der Waals surface area contributed by atoms with Crippen LogP contribution in [-0.2, 0) is 0 Å². The smallest absolute Gasteiger partial charge is 0.0619 e. The molecule has 0 atom stereocenters. The molecule has 0 saturated carbocycles. The number of hydrogen-bond acceptors (Lipinski definition) is 0. The first-order valence-corrected chi connectivity index (χ1v) is 17.2. The van der Waals surface area contributed by atoms with Crippen molar-refractivity contribution in [2.45, 2.75) is 0 Å². The van der Waals surface area contributed by atoms with Crippen molar-refractivity contribution in [2.24, 2.45) is 0 Å². The van der Waals surface area contributed by atoms with Gasteiger partial charge in [0.05, 0.1) is 27.8 Å². The van der Waals surface area contributed by atoms with E-state index in [9.17, 15) is 0 Å². The lowest BCUT2D eigenvalue weighted by Crippen LogP contribution is -2.00. The first-order chi connectivity index (χ1) is 24.9. The van der Waals surface area contributed by atoms with E-state index in [2.05, 4.69) is 203 Å². The number of para-hydroxylation sites is 4. The topological polar surface area (TPSA) is 9.86 Å². The van der Waals surface area contributed by atoms with E-state index in [1.165, 1.54) is 77.0 Å². The second-order valence-electron chi connectivity index (χ2n) is 12.9. The minimum absolute atomic E-state index is 1.16. The fourth-order valence-corrected chi connectivity index (χ4v) is 8.08. The fraction of sp³-hybridized carbons (Fsp3) is 0. The molecule has 0 bridgehead atoms. The van der Waals surface area contributed by atoms with Crippen molar-refractivity contribution in [3.8, 4) is 44.8 Å². The van der Waals surface area contributed by atoms with Crippen LogP contribution in [0.25, 0.3) is 88.4 Å². The van der Waals surface area contributed by atoms with E-state index in [1.807, 2.05) is 0 Å². The Morgan fingerprint density at radius 2 is 0.820 bits per heavy atom. The largest absolute Gasteiger partial charge is 0.309 e. The lowest BCUT2D eigenvalue weighted by Gasteiger charge is -2.19. The third-order valence-corrected chi connectivity index (χ3v) is 10.1. The highest BCUT2D eigenvalue weighted by Crippen LogP contribution is 2.46. The zero-order valence-corrected chi connectivity index (χ0v) is 27.4. The summed E-state index contributed by atoms with van der Waals surface area (Å²) in [4.78, 5) is 0. The Kier molecular flexibility index (Phi) is 6.53. The summed E-state index contributed by atoms with van der Waals surface area (Å²) in [5, 5.41) is 4.99. The Labute approximate surface area is 290 Å². The number of rotatable bonds is 5. The molecular weight excluding hydrogens is 605 g/mol. The monoisotopic (exact) mass is 636 g/mol. The van der Waals surface area contributed by atoms with Crippen molar-refractivity contribution in [1.82, 2.24) is 9.13 Å². The Morgan fingerprint density at radius 1 is 0.300 bits per heavy atom. The van der Waals surface area contributed by atoms with Gasteiger partial charge in [-0.25, -0.2) is 0 Å². The number of hydrogen-bond donors (Lipinski definition) is 0. The van der Waals surface area contributed by atoms with Crippen molar-refractivity contribution in [2.75, 3.05) is 0 Å². The lowest BCUT2D eigenvalue weighted by molar-refractivity contribution is 1.18. The summed E-state index contributed by atoms with van der Waals surface area (Å²) >= 11 is 0. The van der Waals surface area contributed by atoms with Gasteiger partial charge in [0.2, 0.25) is 0 Å². The Hall–Kier alpha value is -6.64. The zero-order chi connectivity index (χ0) is 33.0. The highest BCUT2D eigenvalue weighted by atomic mass is 15.0. The molecule has 10 aromatic rings. The molecule has 0 radical (unpaired) electrons. The molecule has 2 aromatic heterocycles. The molecule has 0 aliphatic carbocycles. The van der Waals surface area contributed by atoms with Gasteiger partial charge in [-0.15, -0.1) is 0 Å². The minimum atomic E-state index is 1.16. The molecule has 0 aliphatic heterocycles. The molecule has 0 unspecified atom stereocenters. The highest BCUT2D eigenvalue weighted by molar-refractivity contribution is 6.21. The van der Waals surface area contributed by atoms with E-state index >= 15 is 0 Å². The molecule has 0 N–H and O–H groups in total. The van der Waals surface area contributed by atoms with Gasteiger partial charge in [-0.1, -0.05) is 158 Å². The predicted octanol–water partition coefficient (Wildman–Crippen LogP) is 12.9. The van der Waals surface area contributed by atoms with Gasteiger partial charge in [0.15, 0.2) is 0 Å². The van der Waals surface area contributed by atoms with Crippen molar-refractivity contribution < 1.29 is 0 Å². The van der Waals surface area contributed by atoms with Crippen LogP contribution < -0.4 is 0 Å². The predicted molar refractivity (Wildman–Crippen MR) is 211 cm³/mol. The normalized spacial score (nSPS) is 11.6. The van der Waals surface area contributed by atoms with Crippen LogP contribution in [0.3, 0.4) is 0 Å². The van der Waals surface area contributed by atoms with Crippen LogP contribution in [0.15, 0.2) is 194 Å². The van der Waals surface area contributed by atoms with E-state index < -0.39 is 0 Å². The van der Waals surface area contributed by atoms with Crippen molar-refractivity contribution in [1.29, 1.82) is 0 Å². The second-order valence-corrected chi connectivity index (χ2v) is 12.9. The van der Waals surface area contributed by atoms with Crippen molar-refractivity contribution in [3.63, 3.8) is 0 Å². The maximum Gasteiger partial charge on any atom is 0.0619 e. The SMILES string of the molecule is c1ccc(-c2cccc(-n3c4ccccc4c4cccc(-c5cccc6c5c5ccccc5n6-c5ccccc5)c43)c2-c2ccccc2)cc1. The summed E-state index contributed by atoms with van der Waals surface area (Å²) in [5.41, 5.74) is 14.4. The van der Waals surface area contributed by atoms with Crippen LogP contribution in [0.4, 0.5) is 0 Å². The van der Waals surface area contributed by atoms with Gasteiger partial charge >= 0.3 is 0 Å². The van der Waals surface area contributed by atoms with Gasteiger partial charge in [0.25, 0.3) is 0 Å². The first kappa shape index (κ1) is 28.4. The quantitative estimate of drug-likeness (QED) is 0.178. The van der Waals surface area contributed by atoms with Crippen LogP contribution in [0.2, 0.25) is 0 Å². The zero-order valence-electron chi connectivity index (χ0n) is 27.4. The fourth-order valence-electron chi connectivity index (χ4n) is 8.08. The van der Waals surface area contributed by atoms with Gasteiger partial charge in [0.1, 0.15) is 0 Å². The molecule has 8 aromatic carbocycles. The third-order valence-electron chi connectivity index (χ3n) is 10.1. The molecule has 234 valence electrons. The van der Waals surface area contributed by atoms with Gasteiger partial charge in [-0.3, -0.25) is 0 Å². The number of aromatic nitrogens is 2. The van der Waals surface area contributed by atoms with E-state index in [0.717, 1.165) is 11.4 Å². The first-order valence-electron chi connectivity index (χ1n) is 17.2. The van der Waals surface area contributed by atoms with Crippen molar-refractivity contribution >= 4 is 43.6 Å². The van der Waals surface area contributed by atoms with Crippen LogP contribution in [0.1, 0.15) is 0 Å². The average Bonchev–Trinajstić information content (AvgIpc) is 3.72. The second kappa shape index (κ2) is 11.5. The van der Waals surface area contributed by atoms with Crippen LogP contribution in [-0.4, -0.2) is 9.13 Å². The van der Waals surface area contributed by atoms with Gasteiger partial charge < -0.3 is 9.13 Å². The minimum Gasteiger partial charge on any atom is -0.309 e. The number of fused-ring (bicyclic) bond motifs is 6. The van der Waals surface area contributed by atoms with E-state index in [-0.39, 0.29) is 0 Å². The van der Waals surface area contributed by atoms with Gasteiger partial charge in [-0.05, 0) is 58.7 Å². The molecule has 0 fully saturated rings. The third kappa shape index (κ3) is 4.29. The molecule has 0 aliphatic rings. The maximum atomic E-state index is 2.52. The standard InChI is InChI=1S/C48H32N2/c1-4-17-33(18-5-1)36-25-15-31-44(46(36)34-19-6-2-7-20-34)50-42-29-12-10-23-37(42)39-27-14-28-40(48(39)50)38-26-16-32-45-47(38)41-24-11-13-30-43(41)49(45)35-21-8-3-9-22-35/h1-32H. The number of nitrogens with zero attached hydrogens (tertiary/aromatic N) is 2. The van der Waals surface area contributed by atoms with Crippen molar-refractivity contribution in [3.05, 3.63) is 194 Å². The summed E-state index contributed by atoms with van der Waals surface area (Å²) in [6, 6.07) is 70.4. The molecule has 2 heteroatoms. The summed E-state index contributed by atoms with van der Waals surface area (Å²) in [7, 11) is 0. The Morgan fingerprint density at radius 3 is 1.58 bits per heavy atom. The molecule has 2 nitrogen and oxygen atoms in total. The lowest BCUT2D eigenvalue weighted by atomic mass is 9.92. The van der Waals surface area contributed by atoms with Crippen LogP contribution in [0, 0.1) is 0 Å². The Balaban J connectivity index is 1.35. The van der Waals surface area contributed by atoms with E-state index in [1.54, 1.807) is 0 Å². The number of benzene rings is 8. The highest BCUT2D eigenvalue weighted by Gasteiger charge is 2.23. The van der Waals surface area contributed by atoms with E-state index in [0.29, 0.717) is 0 Å². The Bertz CT molecular complexity index is 2840. The van der Waals surface area contributed by atoms with Gasteiger partial charge in [-0.2, -0.15) is 0 Å². The molecule has 50 heavy (non-hydrogen) atoms. The molecule has 0 spiro atoms. The summed E-state index contributed by atoms with van der Waals surface area (Å²) < 4.78 is 4.92. The molecule has 10 rings (SSSR count). The van der Waals surface area contributed by atoms with E-state index in [4.69, 9.17) is 0 Å². The average molecular weight is 637 g/mol. The van der Waals surface area contributed by atoms with Crippen LogP contribution in [0.5, 0.6) is 0 Å². The molecule has 0 amide bonds. The van der Waals surface area contributed by atoms with Gasteiger partial charge in [0, 0.05) is 38.4 Å². The maximum absolute atomic E-state index is 2.52. The summed E-state index contributed by atoms with van der Waals surface area (Å²) in [6.45, 7) is 0. The summed E-state index contributed by atoms with van der Waals surface area (Å²) in [5.74, 6) is 0. The van der Waals surface area contributed by atoms with Crippen LogP contribution >= 0.6 is 0 Å². The molecule has 2 heterocycles.